The van der Waals surface area contributed by atoms with Crippen LogP contribution in [0.1, 0.15) is 18.4 Å². The van der Waals surface area contributed by atoms with Crippen LogP contribution >= 0.6 is 0 Å². The van der Waals surface area contributed by atoms with E-state index in [0.717, 1.165) is 5.56 Å². The molecule has 0 unspecified atom stereocenters. The van der Waals surface area contributed by atoms with Gasteiger partial charge in [-0.25, -0.2) is 9.64 Å². The van der Waals surface area contributed by atoms with Gasteiger partial charge in [-0.2, -0.15) is 0 Å². The first-order valence-electron chi connectivity index (χ1n) is 9.99. The van der Waals surface area contributed by atoms with Gasteiger partial charge in [-0.15, -0.1) is 0 Å². The second kappa shape index (κ2) is 10.9. The summed E-state index contributed by atoms with van der Waals surface area (Å²) in [6, 6.07) is 16.5. The van der Waals surface area contributed by atoms with Crippen molar-refractivity contribution in [3.8, 4) is 5.75 Å². The summed E-state index contributed by atoms with van der Waals surface area (Å²) in [5, 5.41) is 0. The van der Waals surface area contributed by atoms with Crippen molar-refractivity contribution in [3.05, 3.63) is 71.6 Å². The summed E-state index contributed by atoms with van der Waals surface area (Å²) in [4.78, 5) is 31.4. The fourth-order valence-corrected chi connectivity index (χ4v) is 3.16. The number of hydrogen-bond donors (Lipinski definition) is 0. The molecule has 1 saturated heterocycles. The molecule has 0 aliphatic carbocycles. The van der Waals surface area contributed by atoms with Gasteiger partial charge in [-0.3, -0.25) is 4.79 Å². The first-order valence-corrected chi connectivity index (χ1v) is 9.99. The van der Waals surface area contributed by atoms with Crippen LogP contribution in [0.3, 0.4) is 0 Å². The van der Waals surface area contributed by atoms with Crippen LogP contribution in [0.4, 0.5) is 10.5 Å². The van der Waals surface area contributed by atoms with E-state index in [1.54, 1.807) is 34.1 Å². The summed E-state index contributed by atoms with van der Waals surface area (Å²) in [7, 11) is 0. The predicted molar refractivity (Wildman–Crippen MR) is 112 cm³/mol. The van der Waals surface area contributed by atoms with Crippen molar-refractivity contribution >= 4 is 17.7 Å². The van der Waals surface area contributed by atoms with Crippen molar-refractivity contribution in [3.63, 3.8) is 0 Å². The summed E-state index contributed by atoms with van der Waals surface area (Å²) < 4.78 is 11.0. The summed E-state index contributed by atoms with van der Waals surface area (Å²) in [5.41, 5.74) is 1.51. The molecule has 0 N–H and O–H groups in total. The molecular weight excluding hydrogens is 382 g/mol. The van der Waals surface area contributed by atoms with E-state index >= 15 is 0 Å². The number of hydrogen-bond acceptors (Lipinski definition) is 4. The van der Waals surface area contributed by atoms with Gasteiger partial charge in [0, 0.05) is 32.6 Å². The molecule has 7 nitrogen and oxygen atoms in total. The minimum absolute atomic E-state index is 0.0368. The van der Waals surface area contributed by atoms with Gasteiger partial charge >= 0.3 is 6.09 Å². The second-order valence-corrected chi connectivity index (χ2v) is 6.97. The molecule has 156 valence electrons. The molecule has 3 rings (SSSR count). The zero-order valence-corrected chi connectivity index (χ0v) is 16.8. The molecule has 30 heavy (non-hydrogen) atoms. The first-order chi connectivity index (χ1) is 14.7. The average molecular weight is 407 g/mol. The van der Waals surface area contributed by atoms with Crippen LogP contribution in [0.2, 0.25) is 0 Å². The van der Waals surface area contributed by atoms with Gasteiger partial charge in [0.2, 0.25) is 5.91 Å². The van der Waals surface area contributed by atoms with E-state index in [0.29, 0.717) is 57.1 Å². The standard InChI is InChI=1S/C23H25N3O4/c1-24-20-8-10-21(11-9-20)29-17-5-13-25-15-16-26(14-12-22(25)27)23(28)30-18-19-6-3-2-4-7-19/h2-4,6-11H,5,12-18H2. The highest BCUT2D eigenvalue weighted by atomic mass is 16.6. The van der Waals surface area contributed by atoms with Crippen LogP contribution in [0.5, 0.6) is 5.75 Å². The molecule has 0 atom stereocenters. The summed E-state index contributed by atoms with van der Waals surface area (Å²) in [6.07, 6.45) is 0.591. The number of amides is 2. The maximum absolute atomic E-state index is 12.4. The molecule has 0 bridgehead atoms. The summed E-state index contributed by atoms with van der Waals surface area (Å²) >= 11 is 0. The van der Waals surface area contributed by atoms with Crippen molar-refractivity contribution in [1.82, 2.24) is 9.80 Å². The minimum Gasteiger partial charge on any atom is -0.494 e. The number of benzene rings is 2. The van der Waals surface area contributed by atoms with Gasteiger partial charge in [0.25, 0.3) is 0 Å². The zero-order valence-electron chi connectivity index (χ0n) is 16.8. The van der Waals surface area contributed by atoms with Crippen molar-refractivity contribution in [2.75, 3.05) is 32.8 Å². The Labute approximate surface area is 176 Å². The molecule has 1 aliphatic heterocycles. The second-order valence-electron chi connectivity index (χ2n) is 6.97. The lowest BCUT2D eigenvalue weighted by Gasteiger charge is -2.22. The number of carbonyl (C=O) groups is 2. The lowest BCUT2D eigenvalue weighted by atomic mass is 10.2. The van der Waals surface area contributed by atoms with E-state index in [-0.39, 0.29) is 18.6 Å². The average Bonchev–Trinajstić information content (AvgIpc) is 2.97. The number of rotatable bonds is 7. The highest BCUT2D eigenvalue weighted by Crippen LogP contribution is 2.18. The van der Waals surface area contributed by atoms with E-state index in [1.165, 1.54) is 0 Å². The third-order valence-corrected chi connectivity index (χ3v) is 4.86. The molecule has 1 heterocycles. The highest BCUT2D eigenvalue weighted by molar-refractivity contribution is 5.78. The zero-order chi connectivity index (χ0) is 21.2. The SMILES string of the molecule is [C-]#[N+]c1ccc(OCCCN2CCN(C(=O)OCc3ccccc3)CCC2=O)cc1. The van der Waals surface area contributed by atoms with Crippen LogP contribution in [0.15, 0.2) is 54.6 Å². The maximum atomic E-state index is 12.4. The molecule has 0 aromatic heterocycles. The largest absolute Gasteiger partial charge is 0.494 e. The highest BCUT2D eigenvalue weighted by Gasteiger charge is 2.24. The summed E-state index contributed by atoms with van der Waals surface area (Å²) in [5.74, 6) is 0.742. The smallest absolute Gasteiger partial charge is 0.410 e. The first kappa shape index (κ1) is 21.2. The monoisotopic (exact) mass is 407 g/mol. The van der Waals surface area contributed by atoms with Crippen LogP contribution in [-0.4, -0.2) is 54.6 Å². The molecule has 7 heteroatoms. The lowest BCUT2D eigenvalue weighted by Crippen LogP contribution is -2.36. The third kappa shape index (κ3) is 6.24. The quantitative estimate of drug-likeness (QED) is 0.516. The Hall–Kier alpha value is -3.53. The Morgan fingerprint density at radius 3 is 2.53 bits per heavy atom. The van der Waals surface area contributed by atoms with Gasteiger partial charge in [-0.1, -0.05) is 42.5 Å². The number of carbonyl (C=O) groups excluding carboxylic acids is 2. The van der Waals surface area contributed by atoms with Gasteiger partial charge in [-0.05, 0) is 24.1 Å². The van der Waals surface area contributed by atoms with Crippen molar-refractivity contribution in [2.45, 2.75) is 19.4 Å². The fourth-order valence-electron chi connectivity index (χ4n) is 3.16. The van der Waals surface area contributed by atoms with Crippen LogP contribution in [0.25, 0.3) is 4.85 Å². The number of nitrogens with zero attached hydrogens (tertiary/aromatic N) is 3. The molecule has 2 amide bonds. The molecule has 1 aliphatic rings. The van der Waals surface area contributed by atoms with Gasteiger partial charge < -0.3 is 19.3 Å². The van der Waals surface area contributed by atoms with Crippen LogP contribution < -0.4 is 4.74 Å². The van der Waals surface area contributed by atoms with Crippen molar-refractivity contribution in [2.24, 2.45) is 0 Å². The molecule has 0 radical (unpaired) electrons. The topological polar surface area (TPSA) is 63.4 Å². The Bertz CT molecular complexity index is 878. The van der Waals surface area contributed by atoms with E-state index < -0.39 is 0 Å². The van der Waals surface area contributed by atoms with E-state index in [2.05, 4.69) is 4.85 Å². The van der Waals surface area contributed by atoms with Gasteiger partial charge in [0.15, 0.2) is 5.69 Å². The maximum Gasteiger partial charge on any atom is 0.410 e. The molecule has 2 aromatic carbocycles. The van der Waals surface area contributed by atoms with Crippen molar-refractivity contribution in [1.29, 1.82) is 0 Å². The molecular formula is C23H25N3O4. The summed E-state index contributed by atoms with van der Waals surface area (Å²) in [6.45, 7) is 9.54. The van der Waals surface area contributed by atoms with E-state index in [4.69, 9.17) is 16.0 Å². The predicted octanol–water partition coefficient (Wildman–Crippen LogP) is 3.88. The molecule has 0 saturated carbocycles. The van der Waals surface area contributed by atoms with Gasteiger partial charge in [0.05, 0.1) is 13.2 Å². The van der Waals surface area contributed by atoms with E-state index in [9.17, 15) is 9.59 Å². The Morgan fingerprint density at radius 2 is 1.80 bits per heavy atom. The minimum atomic E-state index is -0.389. The number of ether oxygens (including phenoxy) is 2. The molecule has 2 aromatic rings. The fraction of sp³-hybridized carbons (Fsp3) is 0.348. The third-order valence-electron chi connectivity index (χ3n) is 4.86. The van der Waals surface area contributed by atoms with Crippen LogP contribution in [-0.2, 0) is 16.1 Å². The molecule has 0 spiro atoms. The Balaban J connectivity index is 1.39. The van der Waals surface area contributed by atoms with Crippen LogP contribution in [0, 0.1) is 6.57 Å². The normalized spacial score (nSPS) is 14.0. The van der Waals surface area contributed by atoms with Crippen molar-refractivity contribution < 1.29 is 19.1 Å². The van der Waals surface area contributed by atoms with E-state index in [1.807, 2.05) is 30.3 Å². The van der Waals surface area contributed by atoms with Gasteiger partial charge in [0.1, 0.15) is 12.4 Å². The Morgan fingerprint density at radius 1 is 1.03 bits per heavy atom. The molecule has 1 fully saturated rings. The Kier molecular flexibility index (Phi) is 7.67. The lowest BCUT2D eigenvalue weighted by molar-refractivity contribution is -0.130.